The van der Waals surface area contributed by atoms with Gasteiger partial charge in [0.2, 0.25) is 0 Å². The van der Waals surface area contributed by atoms with Gasteiger partial charge >= 0.3 is 12.1 Å². The Bertz CT molecular complexity index is 1970. The maximum atomic E-state index is 12.8. The number of methoxy groups -OCH3 is 1. The van der Waals surface area contributed by atoms with E-state index in [-0.39, 0.29) is 26.2 Å². The number of alkyl carbamates (subject to hydrolysis) is 1. The minimum atomic E-state index is -1.12. The number of amides is 1. The van der Waals surface area contributed by atoms with Gasteiger partial charge in [-0.1, -0.05) is 126 Å². The zero-order chi connectivity index (χ0) is 40.7. The lowest BCUT2D eigenvalue weighted by atomic mass is 9.92. The molecule has 1 amide bonds. The van der Waals surface area contributed by atoms with Crippen LogP contribution < -0.4 is 5.32 Å². The average molecular weight is 793 g/mol. The predicted octanol–water partition coefficient (Wildman–Crippen LogP) is 7.70. The Balaban J connectivity index is 1.34. The Morgan fingerprint density at radius 1 is 0.690 bits per heavy atom. The second-order valence-corrected chi connectivity index (χ2v) is 15.0. The van der Waals surface area contributed by atoms with E-state index in [2.05, 4.69) is 10.5 Å². The molecule has 0 aliphatic carbocycles. The molecule has 306 valence electrons. The van der Waals surface area contributed by atoms with Gasteiger partial charge in [0.25, 0.3) is 0 Å². The van der Waals surface area contributed by atoms with Gasteiger partial charge in [-0.15, -0.1) is 0 Å². The Labute approximate surface area is 339 Å². The maximum absolute atomic E-state index is 12.8. The SMILES string of the molecule is COC(=O)[C@H](Cc1cc([C@@H]2O[C@H](COCc3ccccc3)[C@@H](OCc3ccccc3)[C@H](OCc3ccccc3)[C@H]2OCc2ccccc2)no1)NC(=O)OC(C)(C)C. The van der Waals surface area contributed by atoms with E-state index >= 15 is 0 Å². The summed E-state index contributed by atoms with van der Waals surface area (Å²) >= 11 is 0. The van der Waals surface area contributed by atoms with Crippen LogP contribution in [0.3, 0.4) is 0 Å². The van der Waals surface area contributed by atoms with Crippen molar-refractivity contribution in [1.29, 1.82) is 0 Å². The molecule has 0 saturated carbocycles. The Morgan fingerprint density at radius 2 is 1.17 bits per heavy atom. The Hall–Kier alpha value is -5.37. The molecule has 2 heterocycles. The van der Waals surface area contributed by atoms with Gasteiger partial charge in [-0.3, -0.25) is 0 Å². The predicted molar refractivity (Wildman–Crippen MR) is 214 cm³/mol. The van der Waals surface area contributed by atoms with Crippen LogP contribution in [0.1, 0.15) is 60.6 Å². The van der Waals surface area contributed by atoms with Crippen molar-refractivity contribution in [2.45, 2.75) is 95.8 Å². The minimum absolute atomic E-state index is 0.0679. The highest BCUT2D eigenvalue weighted by molar-refractivity contribution is 5.81. The summed E-state index contributed by atoms with van der Waals surface area (Å²) in [5, 5.41) is 7.03. The molecular weight excluding hydrogens is 741 g/mol. The van der Waals surface area contributed by atoms with Crippen LogP contribution in [0.5, 0.6) is 0 Å². The van der Waals surface area contributed by atoms with Crippen molar-refractivity contribution < 1.29 is 47.3 Å². The summed E-state index contributed by atoms with van der Waals surface area (Å²) in [4.78, 5) is 25.5. The molecule has 1 saturated heterocycles. The first kappa shape index (κ1) is 42.2. The zero-order valence-corrected chi connectivity index (χ0v) is 33.4. The molecule has 0 unspecified atom stereocenters. The van der Waals surface area contributed by atoms with Gasteiger partial charge in [-0.2, -0.15) is 0 Å². The summed E-state index contributed by atoms with van der Waals surface area (Å²) in [7, 11) is 1.24. The average Bonchev–Trinajstić information content (AvgIpc) is 3.70. The van der Waals surface area contributed by atoms with Crippen molar-refractivity contribution >= 4 is 12.1 Å². The van der Waals surface area contributed by atoms with Gasteiger partial charge in [0.15, 0.2) is 0 Å². The number of hydrogen-bond acceptors (Lipinski definition) is 11. The Kier molecular flexibility index (Phi) is 15.2. The van der Waals surface area contributed by atoms with Crippen LogP contribution in [0, 0.1) is 0 Å². The fourth-order valence-electron chi connectivity index (χ4n) is 6.57. The Morgan fingerprint density at radius 3 is 1.67 bits per heavy atom. The number of rotatable bonds is 18. The minimum Gasteiger partial charge on any atom is -0.467 e. The van der Waals surface area contributed by atoms with Crippen molar-refractivity contribution in [2.75, 3.05) is 13.7 Å². The van der Waals surface area contributed by atoms with Gasteiger partial charge in [0, 0.05) is 12.5 Å². The molecule has 0 spiro atoms. The van der Waals surface area contributed by atoms with Crippen LogP contribution in [0.4, 0.5) is 4.79 Å². The quantitative estimate of drug-likeness (QED) is 0.0875. The van der Waals surface area contributed by atoms with Gasteiger partial charge in [0.1, 0.15) is 53.6 Å². The van der Waals surface area contributed by atoms with Crippen molar-refractivity contribution in [2.24, 2.45) is 0 Å². The number of ether oxygens (including phenoxy) is 7. The number of nitrogens with zero attached hydrogens (tertiary/aromatic N) is 1. The molecule has 12 nitrogen and oxygen atoms in total. The standard InChI is InChI=1S/C46H52N2O10/c1-46(2,3)57-45(50)47-38(44(49)51-4)26-36-25-37(48-58-36)40-42(54-29-34-21-13-7-14-22-34)43(55-30-35-23-15-8-16-24-35)41(53-28-33-19-11-6-12-20-33)39(56-40)31-52-27-32-17-9-5-10-18-32/h5-25,38-43H,26-31H2,1-4H3,(H,47,50)/t38-,39+,40-,41+,42-,43-/m0/s1. The number of benzene rings is 4. The fraction of sp³-hybridized carbons (Fsp3) is 0.370. The van der Waals surface area contributed by atoms with E-state index in [0.717, 1.165) is 22.3 Å². The first-order valence-electron chi connectivity index (χ1n) is 19.4. The van der Waals surface area contributed by atoms with Gasteiger partial charge in [-0.25, -0.2) is 9.59 Å². The lowest BCUT2D eigenvalue weighted by molar-refractivity contribution is -0.276. The molecule has 58 heavy (non-hydrogen) atoms. The number of aromatic nitrogens is 1. The molecule has 12 heteroatoms. The van der Waals surface area contributed by atoms with E-state index in [1.54, 1.807) is 26.8 Å². The molecule has 1 aliphatic rings. The molecule has 4 aromatic carbocycles. The summed E-state index contributed by atoms with van der Waals surface area (Å²) in [6.45, 7) is 6.52. The topological polar surface area (TPSA) is 137 Å². The van der Waals surface area contributed by atoms with Crippen LogP contribution in [0.15, 0.2) is 132 Å². The summed E-state index contributed by atoms with van der Waals surface area (Å²) in [6.07, 6.45) is -4.42. The maximum Gasteiger partial charge on any atom is 0.408 e. The van der Waals surface area contributed by atoms with E-state index in [9.17, 15) is 9.59 Å². The number of esters is 1. The third-order valence-corrected chi connectivity index (χ3v) is 9.33. The van der Waals surface area contributed by atoms with Crippen molar-refractivity contribution in [3.05, 3.63) is 161 Å². The van der Waals surface area contributed by atoms with Gasteiger partial charge < -0.3 is 43.0 Å². The molecule has 6 rings (SSSR count). The number of nitrogens with one attached hydrogen (secondary N) is 1. The molecule has 1 fully saturated rings. The fourth-order valence-corrected chi connectivity index (χ4v) is 6.57. The third kappa shape index (κ3) is 12.6. The monoisotopic (exact) mass is 792 g/mol. The first-order valence-corrected chi connectivity index (χ1v) is 19.4. The van der Waals surface area contributed by atoms with Crippen LogP contribution >= 0.6 is 0 Å². The molecule has 0 radical (unpaired) electrons. The molecular formula is C46H52N2O10. The van der Waals surface area contributed by atoms with Crippen LogP contribution in [-0.2, 0) is 70.8 Å². The highest BCUT2D eigenvalue weighted by Crippen LogP contribution is 2.38. The van der Waals surface area contributed by atoms with E-state index in [0.29, 0.717) is 24.7 Å². The first-order chi connectivity index (χ1) is 28.1. The lowest BCUT2D eigenvalue weighted by Crippen LogP contribution is -2.58. The summed E-state index contributed by atoms with van der Waals surface area (Å²) in [5.41, 5.74) is 3.55. The highest BCUT2D eigenvalue weighted by atomic mass is 16.6. The number of hydrogen-bond donors (Lipinski definition) is 1. The van der Waals surface area contributed by atoms with Crippen LogP contribution in [-0.4, -0.2) is 67.0 Å². The van der Waals surface area contributed by atoms with Crippen molar-refractivity contribution in [1.82, 2.24) is 10.5 Å². The van der Waals surface area contributed by atoms with Gasteiger partial charge in [-0.05, 0) is 43.0 Å². The zero-order valence-electron chi connectivity index (χ0n) is 33.4. The largest absolute Gasteiger partial charge is 0.467 e. The molecule has 0 bridgehead atoms. The molecule has 6 atom stereocenters. The van der Waals surface area contributed by atoms with Crippen LogP contribution in [0.2, 0.25) is 0 Å². The highest BCUT2D eigenvalue weighted by Gasteiger charge is 2.50. The van der Waals surface area contributed by atoms with Crippen molar-refractivity contribution in [3.63, 3.8) is 0 Å². The van der Waals surface area contributed by atoms with E-state index < -0.39 is 54.2 Å². The smallest absolute Gasteiger partial charge is 0.408 e. The summed E-state index contributed by atoms with van der Waals surface area (Å²) in [5.74, 6) is -0.377. The number of carbonyl (C=O) groups is 2. The second-order valence-electron chi connectivity index (χ2n) is 15.0. The normalized spacial score (nSPS) is 19.9. The van der Waals surface area contributed by atoms with E-state index in [4.69, 9.17) is 37.7 Å². The van der Waals surface area contributed by atoms with Gasteiger partial charge in [0.05, 0.1) is 40.1 Å². The third-order valence-electron chi connectivity index (χ3n) is 9.33. The van der Waals surface area contributed by atoms with Crippen molar-refractivity contribution in [3.8, 4) is 0 Å². The van der Waals surface area contributed by atoms with E-state index in [1.807, 2.05) is 121 Å². The van der Waals surface area contributed by atoms with Crippen LogP contribution in [0.25, 0.3) is 0 Å². The number of carbonyl (C=O) groups excluding carboxylic acids is 2. The second kappa shape index (κ2) is 20.9. The molecule has 1 aliphatic heterocycles. The lowest BCUT2D eigenvalue weighted by Gasteiger charge is -2.45. The molecule has 1 aromatic heterocycles. The van der Waals surface area contributed by atoms with E-state index in [1.165, 1.54) is 7.11 Å². The summed E-state index contributed by atoms with van der Waals surface area (Å²) < 4.78 is 49.9. The molecule has 5 aromatic rings. The molecule has 1 N–H and O–H groups in total. The summed E-state index contributed by atoms with van der Waals surface area (Å²) in [6, 6.07) is 40.1.